The molecule has 0 radical (unpaired) electrons. The summed E-state index contributed by atoms with van der Waals surface area (Å²) in [5, 5.41) is 3.48. The lowest BCUT2D eigenvalue weighted by molar-refractivity contribution is -0.115. The van der Waals surface area contributed by atoms with Crippen LogP contribution in [0.2, 0.25) is 0 Å². The first kappa shape index (κ1) is 13.6. The SMILES string of the molecule is O=C(CCBr)Nc1ccccc1Oc1ccccc1. The van der Waals surface area contributed by atoms with Gasteiger partial charge in [-0.2, -0.15) is 0 Å². The molecule has 0 aliphatic heterocycles. The average molecular weight is 320 g/mol. The third-order valence-corrected chi connectivity index (χ3v) is 2.85. The highest BCUT2D eigenvalue weighted by atomic mass is 79.9. The van der Waals surface area contributed by atoms with Gasteiger partial charge in [0.25, 0.3) is 0 Å². The van der Waals surface area contributed by atoms with Crippen LogP contribution in [0.15, 0.2) is 54.6 Å². The van der Waals surface area contributed by atoms with E-state index in [-0.39, 0.29) is 5.91 Å². The number of amides is 1. The molecule has 1 amide bonds. The Hall–Kier alpha value is -1.81. The normalized spacial score (nSPS) is 9.95. The van der Waals surface area contributed by atoms with Crippen molar-refractivity contribution in [2.75, 3.05) is 10.6 Å². The molecule has 19 heavy (non-hydrogen) atoms. The number of benzene rings is 2. The number of hydrogen-bond donors (Lipinski definition) is 1. The van der Waals surface area contributed by atoms with Crippen LogP contribution in [-0.4, -0.2) is 11.2 Å². The first-order valence-electron chi connectivity index (χ1n) is 5.97. The summed E-state index contributed by atoms with van der Waals surface area (Å²) in [5.74, 6) is 1.34. The molecule has 0 fully saturated rings. The third-order valence-electron chi connectivity index (χ3n) is 2.45. The molecule has 0 bridgehead atoms. The van der Waals surface area contributed by atoms with E-state index >= 15 is 0 Å². The monoisotopic (exact) mass is 319 g/mol. The maximum atomic E-state index is 11.6. The van der Waals surface area contributed by atoms with Crippen molar-refractivity contribution in [1.82, 2.24) is 0 Å². The largest absolute Gasteiger partial charge is 0.455 e. The van der Waals surface area contributed by atoms with Crippen LogP contribution in [0.25, 0.3) is 0 Å². The number of carbonyl (C=O) groups excluding carboxylic acids is 1. The Morgan fingerprint density at radius 1 is 1.05 bits per heavy atom. The second kappa shape index (κ2) is 6.95. The second-order valence-electron chi connectivity index (χ2n) is 3.90. The molecule has 98 valence electrons. The van der Waals surface area contributed by atoms with Crippen LogP contribution in [-0.2, 0) is 4.79 Å². The van der Waals surface area contributed by atoms with Crippen LogP contribution in [0.4, 0.5) is 5.69 Å². The lowest BCUT2D eigenvalue weighted by Crippen LogP contribution is -2.12. The molecule has 0 aliphatic carbocycles. The minimum atomic E-state index is -0.0408. The number of anilines is 1. The minimum Gasteiger partial charge on any atom is -0.455 e. The molecular formula is C15H14BrNO2. The fourth-order valence-electron chi connectivity index (χ4n) is 1.57. The molecule has 4 heteroatoms. The molecule has 0 spiro atoms. The summed E-state index contributed by atoms with van der Waals surface area (Å²) in [4.78, 5) is 11.6. The smallest absolute Gasteiger partial charge is 0.225 e. The van der Waals surface area contributed by atoms with Gasteiger partial charge in [-0.25, -0.2) is 0 Å². The summed E-state index contributed by atoms with van der Waals surface area (Å²) in [5.41, 5.74) is 0.678. The molecular weight excluding hydrogens is 306 g/mol. The van der Waals surface area contributed by atoms with Crippen LogP contribution < -0.4 is 10.1 Å². The number of halogens is 1. The van der Waals surface area contributed by atoms with Gasteiger partial charge in [-0.1, -0.05) is 46.3 Å². The molecule has 2 aromatic rings. The van der Waals surface area contributed by atoms with Crippen molar-refractivity contribution in [2.45, 2.75) is 6.42 Å². The van der Waals surface area contributed by atoms with E-state index in [0.29, 0.717) is 23.2 Å². The van der Waals surface area contributed by atoms with E-state index < -0.39 is 0 Å². The standard InChI is InChI=1S/C15H14BrNO2/c16-11-10-15(18)17-13-8-4-5-9-14(13)19-12-6-2-1-3-7-12/h1-9H,10-11H2,(H,17,18). The highest BCUT2D eigenvalue weighted by Crippen LogP contribution is 2.29. The first-order valence-corrected chi connectivity index (χ1v) is 7.09. The molecule has 0 aliphatic rings. The van der Waals surface area contributed by atoms with Crippen LogP contribution in [0, 0.1) is 0 Å². The highest BCUT2D eigenvalue weighted by molar-refractivity contribution is 9.09. The molecule has 0 atom stereocenters. The number of alkyl halides is 1. The molecule has 0 saturated heterocycles. The average Bonchev–Trinajstić information content (AvgIpc) is 2.42. The zero-order chi connectivity index (χ0) is 13.5. The van der Waals surface area contributed by atoms with E-state index in [9.17, 15) is 4.79 Å². The van der Waals surface area contributed by atoms with Gasteiger partial charge in [0.1, 0.15) is 5.75 Å². The van der Waals surface area contributed by atoms with E-state index in [1.807, 2.05) is 54.6 Å². The zero-order valence-corrected chi connectivity index (χ0v) is 11.9. The van der Waals surface area contributed by atoms with Crippen molar-refractivity contribution in [3.8, 4) is 11.5 Å². The van der Waals surface area contributed by atoms with Crippen molar-refractivity contribution < 1.29 is 9.53 Å². The topological polar surface area (TPSA) is 38.3 Å². The van der Waals surface area contributed by atoms with Gasteiger partial charge in [0, 0.05) is 11.8 Å². The van der Waals surface area contributed by atoms with Gasteiger partial charge in [-0.15, -0.1) is 0 Å². The number of para-hydroxylation sites is 3. The lowest BCUT2D eigenvalue weighted by atomic mass is 10.2. The maximum absolute atomic E-state index is 11.6. The number of carbonyl (C=O) groups is 1. The predicted octanol–water partition coefficient (Wildman–Crippen LogP) is 4.20. The summed E-state index contributed by atoms with van der Waals surface area (Å²) >= 11 is 3.24. The summed E-state index contributed by atoms with van der Waals surface area (Å²) in [6.07, 6.45) is 0.430. The Balaban J connectivity index is 2.14. The van der Waals surface area contributed by atoms with Gasteiger partial charge in [0.15, 0.2) is 5.75 Å². The molecule has 2 aromatic carbocycles. The van der Waals surface area contributed by atoms with Gasteiger partial charge < -0.3 is 10.1 Å². The van der Waals surface area contributed by atoms with Gasteiger partial charge in [0.05, 0.1) is 5.69 Å². The van der Waals surface area contributed by atoms with Gasteiger partial charge in [0.2, 0.25) is 5.91 Å². The zero-order valence-electron chi connectivity index (χ0n) is 10.3. The van der Waals surface area contributed by atoms with Crippen molar-refractivity contribution in [3.05, 3.63) is 54.6 Å². The van der Waals surface area contributed by atoms with Gasteiger partial charge >= 0.3 is 0 Å². The van der Waals surface area contributed by atoms with Crippen molar-refractivity contribution in [3.63, 3.8) is 0 Å². The Morgan fingerprint density at radius 2 is 1.74 bits per heavy atom. The van der Waals surface area contributed by atoms with Crippen LogP contribution in [0.5, 0.6) is 11.5 Å². The van der Waals surface area contributed by atoms with Gasteiger partial charge in [-0.05, 0) is 24.3 Å². The van der Waals surface area contributed by atoms with Crippen LogP contribution >= 0.6 is 15.9 Å². The molecule has 1 N–H and O–H groups in total. The highest BCUT2D eigenvalue weighted by Gasteiger charge is 2.07. The van der Waals surface area contributed by atoms with Crippen molar-refractivity contribution in [2.24, 2.45) is 0 Å². The summed E-state index contributed by atoms with van der Waals surface area (Å²) < 4.78 is 5.76. The quantitative estimate of drug-likeness (QED) is 0.839. The second-order valence-corrected chi connectivity index (χ2v) is 4.69. The van der Waals surface area contributed by atoms with Crippen molar-refractivity contribution >= 4 is 27.5 Å². The van der Waals surface area contributed by atoms with E-state index in [1.165, 1.54) is 0 Å². The minimum absolute atomic E-state index is 0.0408. The predicted molar refractivity (Wildman–Crippen MR) is 80.0 cm³/mol. The summed E-state index contributed by atoms with van der Waals surface area (Å²) in [6, 6.07) is 16.9. The van der Waals surface area contributed by atoms with Crippen molar-refractivity contribution in [1.29, 1.82) is 0 Å². The molecule has 0 saturated carbocycles. The molecule has 0 heterocycles. The Morgan fingerprint density at radius 3 is 2.47 bits per heavy atom. The Kier molecular flexibility index (Phi) is 4.98. The molecule has 3 nitrogen and oxygen atoms in total. The van der Waals surface area contributed by atoms with Crippen LogP contribution in [0.3, 0.4) is 0 Å². The molecule has 0 unspecified atom stereocenters. The van der Waals surface area contributed by atoms with E-state index in [2.05, 4.69) is 21.2 Å². The lowest BCUT2D eigenvalue weighted by Gasteiger charge is -2.11. The third kappa shape index (κ3) is 4.10. The van der Waals surface area contributed by atoms with Crippen LogP contribution in [0.1, 0.15) is 6.42 Å². The number of nitrogens with one attached hydrogen (secondary N) is 1. The number of ether oxygens (including phenoxy) is 1. The van der Waals surface area contributed by atoms with E-state index in [1.54, 1.807) is 0 Å². The first-order chi connectivity index (χ1) is 9.29. The van der Waals surface area contributed by atoms with E-state index in [4.69, 9.17) is 4.74 Å². The maximum Gasteiger partial charge on any atom is 0.225 e. The Bertz CT molecular complexity index is 543. The molecule has 0 aromatic heterocycles. The van der Waals surface area contributed by atoms with E-state index in [0.717, 1.165) is 5.75 Å². The fraction of sp³-hybridized carbons (Fsp3) is 0.133. The van der Waals surface area contributed by atoms with Gasteiger partial charge in [-0.3, -0.25) is 4.79 Å². The summed E-state index contributed by atoms with van der Waals surface area (Å²) in [6.45, 7) is 0. The fourth-order valence-corrected chi connectivity index (χ4v) is 1.93. The molecule has 2 rings (SSSR count). The number of rotatable bonds is 5. The Labute approximate surface area is 120 Å². The summed E-state index contributed by atoms with van der Waals surface area (Å²) in [7, 11) is 0. The number of hydrogen-bond acceptors (Lipinski definition) is 2.